The summed E-state index contributed by atoms with van der Waals surface area (Å²) in [4.78, 5) is 38.3. The lowest BCUT2D eigenvalue weighted by atomic mass is 10.1. The van der Waals surface area contributed by atoms with Crippen LogP contribution in [0.4, 0.5) is 0 Å². The lowest BCUT2D eigenvalue weighted by molar-refractivity contribution is -0.153. The van der Waals surface area contributed by atoms with Gasteiger partial charge in [0.05, 0.1) is 0 Å². The zero-order chi connectivity index (χ0) is 17.1. The SMILES string of the molecule is C=CCCC(=O)N(C)[C@@H](CCC(=O)N(C)C)C(=O)OCC#N. The second-order valence-electron chi connectivity index (χ2n) is 4.94. The Morgan fingerprint density at radius 2 is 1.86 bits per heavy atom. The Morgan fingerprint density at radius 3 is 2.36 bits per heavy atom. The quantitative estimate of drug-likeness (QED) is 0.462. The minimum atomic E-state index is -0.880. The van der Waals surface area contributed by atoms with Gasteiger partial charge in [0.2, 0.25) is 11.8 Å². The average molecular weight is 309 g/mol. The molecule has 22 heavy (non-hydrogen) atoms. The molecule has 7 heteroatoms. The Morgan fingerprint density at radius 1 is 1.23 bits per heavy atom. The van der Waals surface area contributed by atoms with Crippen LogP contribution in [0, 0.1) is 11.3 Å². The van der Waals surface area contributed by atoms with Crippen LogP contribution in [0.2, 0.25) is 0 Å². The van der Waals surface area contributed by atoms with Crippen molar-refractivity contribution in [1.82, 2.24) is 9.80 Å². The Balaban J connectivity index is 4.87. The third-order valence-electron chi connectivity index (χ3n) is 3.10. The number of rotatable bonds is 9. The topological polar surface area (TPSA) is 90.7 Å². The molecule has 0 radical (unpaired) electrons. The van der Waals surface area contributed by atoms with Gasteiger partial charge in [-0.2, -0.15) is 5.26 Å². The van der Waals surface area contributed by atoms with Crippen LogP contribution < -0.4 is 0 Å². The van der Waals surface area contributed by atoms with Crippen molar-refractivity contribution in [3.05, 3.63) is 12.7 Å². The Kier molecular flexibility index (Phi) is 9.27. The van der Waals surface area contributed by atoms with Crippen LogP contribution in [0.15, 0.2) is 12.7 Å². The van der Waals surface area contributed by atoms with Crippen molar-refractivity contribution in [2.24, 2.45) is 0 Å². The fourth-order valence-electron chi connectivity index (χ4n) is 1.73. The van der Waals surface area contributed by atoms with Crippen molar-refractivity contribution in [2.75, 3.05) is 27.7 Å². The first-order valence-electron chi connectivity index (χ1n) is 6.95. The number of ether oxygens (including phenoxy) is 1. The van der Waals surface area contributed by atoms with Crippen LogP contribution >= 0.6 is 0 Å². The van der Waals surface area contributed by atoms with E-state index in [0.717, 1.165) is 0 Å². The molecule has 0 aromatic carbocycles. The van der Waals surface area contributed by atoms with Crippen molar-refractivity contribution in [3.63, 3.8) is 0 Å². The minimum Gasteiger partial charge on any atom is -0.449 e. The van der Waals surface area contributed by atoms with E-state index in [4.69, 9.17) is 10.00 Å². The van der Waals surface area contributed by atoms with E-state index in [0.29, 0.717) is 6.42 Å². The molecule has 0 aliphatic carbocycles. The maximum atomic E-state index is 12.0. The fourth-order valence-corrected chi connectivity index (χ4v) is 1.73. The summed E-state index contributed by atoms with van der Waals surface area (Å²) >= 11 is 0. The van der Waals surface area contributed by atoms with E-state index in [1.54, 1.807) is 26.2 Å². The van der Waals surface area contributed by atoms with E-state index in [9.17, 15) is 14.4 Å². The number of allylic oxidation sites excluding steroid dienone is 1. The van der Waals surface area contributed by atoms with Crippen LogP contribution in [0.1, 0.15) is 25.7 Å². The second-order valence-corrected chi connectivity index (χ2v) is 4.94. The highest BCUT2D eigenvalue weighted by molar-refractivity contribution is 5.85. The second kappa shape index (κ2) is 10.4. The molecule has 0 heterocycles. The zero-order valence-electron chi connectivity index (χ0n) is 13.4. The van der Waals surface area contributed by atoms with E-state index in [1.165, 1.54) is 16.8 Å². The number of nitrogens with zero attached hydrogens (tertiary/aromatic N) is 3. The van der Waals surface area contributed by atoms with E-state index in [-0.39, 0.29) is 37.7 Å². The van der Waals surface area contributed by atoms with E-state index < -0.39 is 12.0 Å². The highest BCUT2D eigenvalue weighted by Gasteiger charge is 2.28. The predicted octanol–water partition coefficient (Wildman–Crippen LogP) is 0.715. The molecule has 0 aliphatic heterocycles. The predicted molar refractivity (Wildman–Crippen MR) is 80.5 cm³/mol. The van der Waals surface area contributed by atoms with Crippen LogP contribution in [-0.4, -0.2) is 61.4 Å². The summed E-state index contributed by atoms with van der Waals surface area (Å²) in [6.45, 7) is 3.16. The highest BCUT2D eigenvalue weighted by atomic mass is 16.5. The van der Waals surface area contributed by atoms with Crippen LogP contribution in [0.5, 0.6) is 0 Å². The minimum absolute atomic E-state index is 0.110. The van der Waals surface area contributed by atoms with Gasteiger partial charge in [-0.15, -0.1) is 6.58 Å². The fraction of sp³-hybridized carbons (Fsp3) is 0.600. The van der Waals surface area contributed by atoms with Gasteiger partial charge >= 0.3 is 5.97 Å². The molecule has 0 bridgehead atoms. The third-order valence-corrected chi connectivity index (χ3v) is 3.10. The number of carbonyl (C=O) groups is 3. The monoisotopic (exact) mass is 309 g/mol. The summed E-state index contributed by atoms with van der Waals surface area (Å²) in [6.07, 6.45) is 2.60. The van der Waals surface area contributed by atoms with Gasteiger partial charge in [0.1, 0.15) is 12.1 Å². The van der Waals surface area contributed by atoms with Crippen LogP contribution in [0.3, 0.4) is 0 Å². The number of amides is 2. The number of carbonyl (C=O) groups excluding carboxylic acids is 3. The van der Waals surface area contributed by atoms with Crippen molar-refractivity contribution >= 4 is 17.8 Å². The van der Waals surface area contributed by atoms with E-state index in [1.807, 2.05) is 0 Å². The molecule has 2 amide bonds. The van der Waals surface area contributed by atoms with Gasteiger partial charge in [0.25, 0.3) is 0 Å². The third kappa shape index (κ3) is 6.88. The summed E-state index contributed by atoms with van der Waals surface area (Å²) in [7, 11) is 4.72. The standard InChI is InChI=1S/C15H23N3O4/c1-5-6-7-14(20)18(4)12(15(21)22-11-10-16)8-9-13(19)17(2)3/h5,12H,1,6-9,11H2,2-4H3/t12-/m0/s1. The first-order chi connectivity index (χ1) is 10.3. The molecule has 122 valence electrons. The molecular weight excluding hydrogens is 286 g/mol. The molecule has 0 fully saturated rings. The van der Waals surface area contributed by atoms with Gasteiger partial charge in [0.15, 0.2) is 6.61 Å². The molecule has 0 rings (SSSR count). The van der Waals surface area contributed by atoms with Crippen molar-refractivity contribution in [3.8, 4) is 6.07 Å². The molecule has 0 N–H and O–H groups in total. The number of esters is 1. The van der Waals surface area contributed by atoms with Crippen molar-refractivity contribution in [2.45, 2.75) is 31.7 Å². The number of hydrogen-bond acceptors (Lipinski definition) is 5. The summed E-state index contributed by atoms with van der Waals surface area (Å²) in [6, 6.07) is 0.824. The zero-order valence-corrected chi connectivity index (χ0v) is 13.4. The molecule has 1 atom stereocenters. The molecule has 0 aromatic heterocycles. The number of likely N-dealkylation sites (N-methyl/N-ethyl adjacent to an activating group) is 1. The largest absolute Gasteiger partial charge is 0.449 e. The Bertz CT molecular complexity index is 454. The number of hydrogen-bond donors (Lipinski definition) is 0. The van der Waals surface area contributed by atoms with Crippen LogP contribution in [-0.2, 0) is 19.1 Å². The molecule has 0 saturated carbocycles. The molecule has 0 saturated heterocycles. The van der Waals surface area contributed by atoms with E-state index in [2.05, 4.69) is 6.58 Å². The first kappa shape index (κ1) is 19.6. The first-order valence-corrected chi connectivity index (χ1v) is 6.95. The van der Waals surface area contributed by atoms with Gasteiger partial charge in [-0.3, -0.25) is 9.59 Å². The van der Waals surface area contributed by atoms with Gasteiger partial charge < -0.3 is 14.5 Å². The van der Waals surface area contributed by atoms with Gasteiger partial charge in [-0.25, -0.2) is 4.79 Å². The molecule has 0 unspecified atom stereocenters. The number of nitriles is 1. The summed E-state index contributed by atoms with van der Waals surface area (Å²) in [5.74, 6) is -1.07. The van der Waals surface area contributed by atoms with Crippen molar-refractivity contribution in [1.29, 1.82) is 5.26 Å². The van der Waals surface area contributed by atoms with E-state index >= 15 is 0 Å². The Hall–Kier alpha value is -2.36. The maximum Gasteiger partial charge on any atom is 0.329 e. The maximum absolute atomic E-state index is 12.0. The van der Waals surface area contributed by atoms with Crippen molar-refractivity contribution < 1.29 is 19.1 Å². The average Bonchev–Trinajstić information content (AvgIpc) is 2.49. The molecule has 0 aromatic rings. The molecule has 0 aliphatic rings. The summed E-state index contributed by atoms with van der Waals surface area (Å²) in [5, 5.41) is 8.47. The summed E-state index contributed by atoms with van der Waals surface area (Å²) < 4.78 is 4.78. The van der Waals surface area contributed by atoms with Gasteiger partial charge in [-0.1, -0.05) is 6.08 Å². The molecule has 7 nitrogen and oxygen atoms in total. The Labute approximate surface area is 131 Å². The smallest absolute Gasteiger partial charge is 0.329 e. The van der Waals surface area contributed by atoms with Gasteiger partial charge in [-0.05, 0) is 12.8 Å². The van der Waals surface area contributed by atoms with Crippen LogP contribution in [0.25, 0.3) is 0 Å². The lowest BCUT2D eigenvalue weighted by Gasteiger charge is -2.26. The van der Waals surface area contributed by atoms with Gasteiger partial charge in [0, 0.05) is 34.0 Å². The normalized spacial score (nSPS) is 11.0. The molecule has 0 spiro atoms. The molecular formula is C15H23N3O4. The summed E-state index contributed by atoms with van der Waals surface area (Å²) in [5.41, 5.74) is 0. The lowest BCUT2D eigenvalue weighted by Crippen LogP contribution is -2.44. The highest BCUT2D eigenvalue weighted by Crippen LogP contribution is 2.11.